The minimum absolute atomic E-state index is 0.0439. The minimum Gasteiger partial charge on any atom is -0.490 e. The second kappa shape index (κ2) is 6.28. The molecule has 0 radical (unpaired) electrons. The Morgan fingerprint density at radius 2 is 2.19 bits per heavy atom. The summed E-state index contributed by atoms with van der Waals surface area (Å²) in [6.45, 7) is 4.22. The molecule has 0 spiro atoms. The molecule has 1 rings (SSSR count). The number of hydrogen-bond donors (Lipinski definition) is 1. The number of ether oxygens (including phenoxy) is 1. The number of carbonyl (C=O) groups excluding carboxylic acids is 1. The van der Waals surface area contributed by atoms with Crippen molar-refractivity contribution in [2.75, 3.05) is 13.2 Å². The van der Waals surface area contributed by atoms with Gasteiger partial charge >= 0.3 is 0 Å². The van der Waals surface area contributed by atoms with E-state index >= 15 is 0 Å². The van der Waals surface area contributed by atoms with Gasteiger partial charge in [-0.25, -0.2) is 0 Å². The highest BCUT2D eigenvalue weighted by Gasteiger charge is 2.10. The molecule has 0 aliphatic rings. The second-order valence-corrected chi connectivity index (χ2v) is 3.78. The van der Waals surface area contributed by atoms with Crippen LogP contribution < -0.4 is 4.74 Å². The van der Waals surface area contributed by atoms with Gasteiger partial charge in [0, 0.05) is 0 Å². The summed E-state index contributed by atoms with van der Waals surface area (Å²) < 4.78 is 5.43. The van der Waals surface area contributed by atoms with E-state index in [4.69, 9.17) is 9.84 Å². The van der Waals surface area contributed by atoms with E-state index in [1.807, 2.05) is 13.0 Å². The molecule has 0 heterocycles. The lowest BCUT2D eigenvalue weighted by Crippen LogP contribution is -2.06. The van der Waals surface area contributed by atoms with Gasteiger partial charge in [-0.2, -0.15) is 0 Å². The van der Waals surface area contributed by atoms with Crippen LogP contribution in [0.1, 0.15) is 34.8 Å². The molecule has 1 N–H and O–H groups in total. The van der Waals surface area contributed by atoms with Crippen molar-refractivity contribution in [1.82, 2.24) is 0 Å². The molecule has 0 fully saturated rings. The Morgan fingerprint density at radius 1 is 1.44 bits per heavy atom. The molecule has 0 unspecified atom stereocenters. The Labute approximate surface area is 96.1 Å². The Kier molecular flexibility index (Phi) is 4.99. The topological polar surface area (TPSA) is 46.5 Å². The molecule has 0 aliphatic carbocycles. The van der Waals surface area contributed by atoms with Crippen molar-refractivity contribution in [3.63, 3.8) is 0 Å². The largest absolute Gasteiger partial charge is 0.490 e. The third kappa shape index (κ3) is 3.07. The summed E-state index contributed by atoms with van der Waals surface area (Å²) in [5.74, 6) is 0.622. The molecule has 3 nitrogen and oxygen atoms in total. The monoisotopic (exact) mass is 222 g/mol. The van der Waals surface area contributed by atoms with E-state index in [9.17, 15) is 4.79 Å². The van der Waals surface area contributed by atoms with Gasteiger partial charge in [0.2, 0.25) is 0 Å². The van der Waals surface area contributed by atoms with Crippen LogP contribution in [0.5, 0.6) is 5.75 Å². The predicted molar refractivity (Wildman–Crippen MR) is 63.1 cm³/mol. The third-order valence-corrected chi connectivity index (χ3v) is 2.32. The molecule has 0 saturated heterocycles. The highest BCUT2D eigenvalue weighted by molar-refractivity contribution is 5.80. The Hall–Kier alpha value is -1.35. The summed E-state index contributed by atoms with van der Waals surface area (Å²) >= 11 is 0. The standard InChI is InChI=1S/C13H18O3/c1-3-4-11-7-10(2)8-12(9-15)13(11)16-6-5-14/h7-9,14H,3-6H2,1-2H3. The molecule has 88 valence electrons. The first-order valence-electron chi connectivity index (χ1n) is 5.55. The molecule has 0 aromatic heterocycles. The molecule has 16 heavy (non-hydrogen) atoms. The van der Waals surface area contributed by atoms with Crippen molar-refractivity contribution in [2.24, 2.45) is 0 Å². The van der Waals surface area contributed by atoms with E-state index < -0.39 is 0 Å². The molecule has 0 saturated carbocycles. The van der Waals surface area contributed by atoms with E-state index in [-0.39, 0.29) is 13.2 Å². The molecule has 0 aliphatic heterocycles. The second-order valence-electron chi connectivity index (χ2n) is 3.78. The first kappa shape index (κ1) is 12.7. The van der Waals surface area contributed by atoms with Crippen LogP contribution in [0.2, 0.25) is 0 Å². The van der Waals surface area contributed by atoms with Gasteiger partial charge < -0.3 is 9.84 Å². The lowest BCUT2D eigenvalue weighted by Gasteiger charge is -2.13. The number of hydrogen-bond acceptors (Lipinski definition) is 3. The van der Waals surface area contributed by atoms with Crippen molar-refractivity contribution in [1.29, 1.82) is 0 Å². The number of aliphatic hydroxyl groups is 1. The van der Waals surface area contributed by atoms with Crippen LogP contribution >= 0.6 is 0 Å². The quantitative estimate of drug-likeness (QED) is 0.750. The van der Waals surface area contributed by atoms with Crippen molar-refractivity contribution in [3.8, 4) is 5.75 Å². The minimum atomic E-state index is -0.0439. The first-order valence-corrected chi connectivity index (χ1v) is 5.55. The fourth-order valence-electron chi connectivity index (χ4n) is 1.74. The van der Waals surface area contributed by atoms with Crippen LogP contribution in [0.3, 0.4) is 0 Å². The van der Waals surface area contributed by atoms with E-state index in [0.717, 1.165) is 30.3 Å². The summed E-state index contributed by atoms with van der Waals surface area (Å²) in [6, 6.07) is 3.84. The summed E-state index contributed by atoms with van der Waals surface area (Å²) in [4.78, 5) is 11.0. The van der Waals surface area contributed by atoms with E-state index in [1.165, 1.54) is 0 Å². The lowest BCUT2D eigenvalue weighted by molar-refractivity contribution is 0.111. The molecule has 3 heteroatoms. The number of aldehydes is 1. The average Bonchev–Trinajstić information content (AvgIpc) is 2.27. The van der Waals surface area contributed by atoms with E-state index in [0.29, 0.717) is 11.3 Å². The number of aliphatic hydroxyl groups excluding tert-OH is 1. The fourth-order valence-corrected chi connectivity index (χ4v) is 1.74. The summed E-state index contributed by atoms with van der Waals surface area (Å²) in [7, 11) is 0. The van der Waals surface area contributed by atoms with Gasteiger partial charge in [0.05, 0.1) is 12.2 Å². The maximum Gasteiger partial charge on any atom is 0.153 e. The summed E-state index contributed by atoms with van der Waals surface area (Å²) in [6.07, 6.45) is 2.68. The number of rotatable bonds is 6. The van der Waals surface area contributed by atoms with E-state index in [2.05, 4.69) is 6.92 Å². The first-order chi connectivity index (χ1) is 7.72. The van der Waals surface area contributed by atoms with Crippen LogP contribution in [-0.2, 0) is 6.42 Å². The zero-order chi connectivity index (χ0) is 12.0. The van der Waals surface area contributed by atoms with Crippen molar-refractivity contribution < 1.29 is 14.6 Å². The predicted octanol–water partition coefficient (Wildman–Crippen LogP) is 2.13. The molecule has 0 amide bonds. The number of benzene rings is 1. The number of aryl methyl sites for hydroxylation is 2. The third-order valence-electron chi connectivity index (χ3n) is 2.32. The van der Waals surface area contributed by atoms with E-state index in [1.54, 1.807) is 6.07 Å². The van der Waals surface area contributed by atoms with Crippen LogP contribution in [0.4, 0.5) is 0 Å². The van der Waals surface area contributed by atoms with Gasteiger partial charge in [0.1, 0.15) is 12.4 Å². The summed E-state index contributed by atoms with van der Waals surface area (Å²) in [5.41, 5.74) is 2.66. The number of carbonyl (C=O) groups is 1. The SMILES string of the molecule is CCCc1cc(C)cc(C=O)c1OCCO. The van der Waals surface area contributed by atoms with Gasteiger partial charge in [0.15, 0.2) is 6.29 Å². The van der Waals surface area contributed by atoms with Gasteiger partial charge in [0.25, 0.3) is 0 Å². The van der Waals surface area contributed by atoms with Crippen LogP contribution in [0.15, 0.2) is 12.1 Å². The molecule has 1 aromatic carbocycles. The molecule has 0 bridgehead atoms. The average molecular weight is 222 g/mol. The zero-order valence-corrected chi connectivity index (χ0v) is 9.82. The van der Waals surface area contributed by atoms with Crippen LogP contribution in [0.25, 0.3) is 0 Å². The zero-order valence-electron chi connectivity index (χ0n) is 9.82. The van der Waals surface area contributed by atoms with Gasteiger partial charge in [-0.15, -0.1) is 0 Å². The molecule has 1 aromatic rings. The van der Waals surface area contributed by atoms with Crippen molar-refractivity contribution in [2.45, 2.75) is 26.7 Å². The molecular weight excluding hydrogens is 204 g/mol. The highest BCUT2D eigenvalue weighted by atomic mass is 16.5. The molecular formula is C13H18O3. The van der Waals surface area contributed by atoms with Crippen molar-refractivity contribution >= 4 is 6.29 Å². The van der Waals surface area contributed by atoms with Crippen molar-refractivity contribution in [3.05, 3.63) is 28.8 Å². The fraction of sp³-hybridized carbons (Fsp3) is 0.462. The highest BCUT2D eigenvalue weighted by Crippen LogP contribution is 2.26. The maximum atomic E-state index is 11.0. The smallest absolute Gasteiger partial charge is 0.153 e. The normalized spacial score (nSPS) is 10.2. The Bertz CT molecular complexity index is 358. The van der Waals surface area contributed by atoms with Crippen LogP contribution in [0, 0.1) is 6.92 Å². The lowest BCUT2D eigenvalue weighted by atomic mass is 10.0. The van der Waals surface area contributed by atoms with Crippen LogP contribution in [-0.4, -0.2) is 24.6 Å². The summed E-state index contributed by atoms with van der Waals surface area (Å²) in [5, 5.41) is 8.75. The Morgan fingerprint density at radius 3 is 2.75 bits per heavy atom. The maximum absolute atomic E-state index is 11.0. The van der Waals surface area contributed by atoms with Gasteiger partial charge in [-0.1, -0.05) is 19.4 Å². The van der Waals surface area contributed by atoms with Gasteiger partial charge in [-0.05, 0) is 30.5 Å². The van der Waals surface area contributed by atoms with Gasteiger partial charge in [-0.3, -0.25) is 4.79 Å². The molecule has 0 atom stereocenters. The Balaban J connectivity index is 3.10.